The number of rotatable bonds is 15. The van der Waals surface area contributed by atoms with Crippen LogP contribution in [0.3, 0.4) is 0 Å². The molecule has 17 heteroatoms. The zero-order valence-electron chi connectivity index (χ0n) is 20.9. The lowest BCUT2D eigenvalue weighted by molar-refractivity contribution is -0.243. The third kappa shape index (κ3) is 15.0. The van der Waals surface area contributed by atoms with E-state index in [0.29, 0.717) is 19.6 Å². The summed E-state index contributed by atoms with van der Waals surface area (Å²) in [5, 5.41) is 25.7. The van der Waals surface area contributed by atoms with E-state index >= 15 is 0 Å². The van der Waals surface area contributed by atoms with Crippen molar-refractivity contribution in [2.45, 2.75) is 6.92 Å². The molecule has 0 saturated carbocycles. The Kier molecular flexibility index (Phi) is 14.8. The zero-order chi connectivity index (χ0) is 28.7. The molecule has 2 rings (SSSR count). The lowest BCUT2D eigenvalue weighted by Crippen LogP contribution is -2.49. The van der Waals surface area contributed by atoms with E-state index in [2.05, 4.69) is 14.4 Å². The van der Waals surface area contributed by atoms with Crippen molar-refractivity contribution in [3.8, 4) is 0 Å². The van der Waals surface area contributed by atoms with Gasteiger partial charge in [-0.05, 0) is 6.92 Å². The van der Waals surface area contributed by atoms with E-state index in [1.165, 1.54) is 11.8 Å². The van der Waals surface area contributed by atoms with Gasteiger partial charge in [0, 0.05) is 32.7 Å². The highest BCUT2D eigenvalue weighted by atomic mass is 17.1. The number of aliphatic carboxylic acids is 2. The fraction of sp³-hybridized carbons (Fsp3) is 0.667. The second-order valence-electron chi connectivity index (χ2n) is 8.42. The van der Waals surface area contributed by atoms with Gasteiger partial charge in [-0.25, -0.2) is 4.89 Å². The zero-order valence-corrected chi connectivity index (χ0v) is 20.9. The first-order chi connectivity index (χ1) is 17.9. The maximum Gasteiger partial charge on any atom is 0.327 e. The molecule has 0 aromatic heterocycles. The van der Waals surface area contributed by atoms with E-state index in [-0.39, 0.29) is 58.2 Å². The van der Waals surface area contributed by atoms with Gasteiger partial charge in [0.15, 0.2) is 0 Å². The van der Waals surface area contributed by atoms with Crippen molar-refractivity contribution >= 4 is 41.6 Å². The summed E-state index contributed by atoms with van der Waals surface area (Å²) in [4.78, 5) is 86.4. The molecule has 0 aromatic carbocycles. The predicted molar refractivity (Wildman–Crippen MR) is 122 cm³/mol. The smallest absolute Gasteiger partial charge is 0.327 e. The third-order valence-corrected chi connectivity index (χ3v) is 4.99. The molecular formula is C21H32N4O13. The van der Waals surface area contributed by atoms with Crippen LogP contribution in [0.2, 0.25) is 0 Å². The average molecular weight is 549 g/mol. The van der Waals surface area contributed by atoms with Crippen molar-refractivity contribution in [2.24, 2.45) is 0 Å². The number of morpholine rings is 2. The average Bonchev–Trinajstić information content (AvgIpc) is 2.77. The van der Waals surface area contributed by atoms with Crippen LogP contribution >= 0.6 is 0 Å². The summed E-state index contributed by atoms with van der Waals surface area (Å²) < 4.78 is 8.76. The summed E-state index contributed by atoms with van der Waals surface area (Å²) in [6.45, 7) is 2.47. The lowest BCUT2D eigenvalue weighted by Gasteiger charge is -2.28. The largest absolute Gasteiger partial charge is 0.480 e. The van der Waals surface area contributed by atoms with Crippen LogP contribution in [0.15, 0.2) is 0 Å². The Morgan fingerprint density at radius 3 is 1.47 bits per heavy atom. The number of hydrogen-bond acceptors (Lipinski definition) is 15. The summed E-state index contributed by atoms with van der Waals surface area (Å²) in [6, 6.07) is 0. The van der Waals surface area contributed by atoms with Crippen LogP contribution in [-0.2, 0) is 47.9 Å². The van der Waals surface area contributed by atoms with Gasteiger partial charge in [0.2, 0.25) is 0 Å². The summed E-state index contributed by atoms with van der Waals surface area (Å²) in [5.74, 6) is -4.67. The Morgan fingerprint density at radius 1 is 0.737 bits per heavy atom. The lowest BCUT2D eigenvalue weighted by atomic mass is 10.3. The van der Waals surface area contributed by atoms with Crippen LogP contribution in [-0.4, -0.2) is 162 Å². The van der Waals surface area contributed by atoms with Gasteiger partial charge in [0.25, 0.3) is 0 Å². The maximum atomic E-state index is 11.1. The Bertz CT molecular complexity index is 795. The Morgan fingerprint density at radius 2 is 1.13 bits per heavy atom. The molecule has 2 aliphatic heterocycles. The fourth-order valence-electron chi connectivity index (χ4n) is 3.46. The molecule has 38 heavy (non-hydrogen) atoms. The van der Waals surface area contributed by atoms with Crippen LogP contribution in [0.25, 0.3) is 0 Å². The number of hydrogen-bond donors (Lipinski definition) is 3. The summed E-state index contributed by atoms with van der Waals surface area (Å²) in [5.41, 5.74) is 0. The van der Waals surface area contributed by atoms with Crippen molar-refractivity contribution < 1.29 is 63.4 Å². The topological polar surface area (TPSA) is 221 Å². The molecule has 2 aliphatic rings. The quantitative estimate of drug-likeness (QED) is 0.0785. The van der Waals surface area contributed by atoms with Crippen LogP contribution in [0.1, 0.15) is 6.92 Å². The van der Waals surface area contributed by atoms with Crippen LogP contribution < -0.4 is 0 Å². The molecule has 2 fully saturated rings. The number of ether oxygens (including phenoxy) is 2. The van der Waals surface area contributed by atoms with Gasteiger partial charge in [-0.15, -0.1) is 0 Å². The molecule has 3 N–H and O–H groups in total. The minimum Gasteiger partial charge on any atom is -0.480 e. The molecule has 2 heterocycles. The predicted octanol–water partition coefficient (Wildman–Crippen LogP) is -3.40. The van der Waals surface area contributed by atoms with E-state index in [9.17, 15) is 33.6 Å². The van der Waals surface area contributed by atoms with E-state index < -0.39 is 48.9 Å². The van der Waals surface area contributed by atoms with E-state index in [4.69, 9.17) is 15.5 Å². The molecule has 2 saturated heterocycles. The van der Waals surface area contributed by atoms with Gasteiger partial charge in [-0.3, -0.25) is 58.4 Å². The second-order valence-corrected chi connectivity index (χ2v) is 8.42. The van der Waals surface area contributed by atoms with E-state index in [1.807, 2.05) is 0 Å². The SMILES string of the molecule is CC(=O)CN(CCOO)CCN(CC(=O)O)CC(=O)O.O=C1CN(CCN2CC(=O)OC(=O)C2)CC(=O)O1. The molecule has 0 aromatic rings. The van der Waals surface area contributed by atoms with Crippen molar-refractivity contribution in [1.82, 2.24) is 19.6 Å². The van der Waals surface area contributed by atoms with Crippen molar-refractivity contribution in [1.29, 1.82) is 0 Å². The minimum absolute atomic E-state index is 0.00510. The molecule has 0 aliphatic carbocycles. The highest BCUT2D eigenvalue weighted by Gasteiger charge is 2.28. The number of carbonyl (C=O) groups excluding carboxylic acids is 5. The van der Waals surface area contributed by atoms with Gasteiger partial charge in [-0.1, -0.05) is 0 Å². The number of ketones is 1. The Hall–Kier alpha value is -3.35. The molecular weight excluding hydrogens is 516 g/mol. The summed E-state index contributed by atoms with van der Waals surface area (Å²) in [6.07, 6.45) is 0. The van der Waals surface area contributed by atoms with E-state index in [0.717, 1.165) is 0 Å². The first-order valence-corrected chi connectivity index (χ1v) is 11.4. The molecule has 0 amide bonds. The second kappa shape index (κ2) is 17.2. The van der Waals surface area contributed by atoms with Crippen LogP contribution in [0.4, 0.5) is 0 Å². The molecule has 0 atom stereocenters. The monoisotopic (exact) mass is 548 g/mol. The highest BCUT2D eigenvalue weighted by molar-refractivity contribution is 5.90. The normalized spacial score (nSPS) is 16.6. The summed E-state index contributed by atoms with van der Waals surface area (Å²) in [7, 11) is 0. The van der Waals surface area contributed by atoms with Gasteiger partial charge in [0.05, 0.1) is 52.4 Å². The van der Waals surface area contributed by atoms with Gasteiger partial charge in [-0.2, -0.15) is 0 Å². The van der Waals surface area contributed by atoms with Gasteiger partial charge in [0.1, 0.15) is 5.78 Å². The number of nitrogens with zero attached hydrogens (tertiary/aromatic N) is 4. The Balaban J connectivity index is 0.000000381. The maximum absolute atomic E-state index is 11.1. The summed E-state index contributed by atoms with van der Waals surface area (Å²) >= 11 is 0. The number of esters is 4. The van der Waals surface area contributed by atoms with Crippen molar-refractivity contribution in [3.05, 3.63) is 0 Å². The number of cyclic esters (lactones) is 4. The molecule has 17 nitrogen and oxygen atoms in total. The van der Waals surface area contributed by atoms with Crippen molar-refractivity contribution in [2.75, 3.05) is 85.1 Å². The first-order valence-electron chi connectivity index (χ1n) is 11.4. The highest BCUT2D eigenvalue weighted by Crippen LogP contribution is 2.03. The minimum atomic E-state index is -1.12. The third-order valence-electron chi connectivity index (χ3n) is 4.99. The number of Topliss-reactive ketones (excluding diaryl/α,β-unsaturated/α-hetero) is 1. The van der Waals surface area contributed by atoms with Crippen LogP contribution in [0, 0.1) is 0 Å². The van der Waals surface area contributed by atoms with Crippen molar-refractivity contribution in [3.63, 3.8) is 0 Å². The fourth-order valence-corrected chi connectivity index (χ4v) is 3.46. The first kappa shape index (κ1) is 32.7. The number of carboxylic acid groups (broad SMARTS) is 2. The number of carboxylic acids is 2. The van der Waals surface area contributed by atoms with E-state index in [1.54, 1.807) is 14.7 Å². The Labute approximate surface area is 217 Å². The molecule has 0 bridgehead atoms. The van der Waals surface area contributed by atoms with Gasteiger partial charge >= 0.3 is 35.8 Å². The molecule has 0 unspecified atom stereocenters. The molecule has 0 radical (unpaired) electrons. The standard InChI is InChI=1S/C11H20N2O7.C10H12N2O6/c1-9(14)6-12(4-5-20-19)2-3-13(7-10(15)16)8-11(17)18;13-7-3-11(4-8(14)17-7)1-2-12-5-9(15)18-10(16)6-12/h19H,2-8H2,1H3,(H,15,16)(H,17,18);1-6H2. The molecule has 0 spiro atoms. The number of carbonyl (C=O) groups is 7. The molecule has 214 valence electrons. The van der Waals surface area contributed by atoms with Crippen LogP contribution in [0.5, 0.6) is 0 Å². The van der Waals surface area contributed by atoms with Gasteiger partial charge < -0.3 is 19.7 Å².